The standard InChI is InChI=1S/C18H38NO2.HI/c1-5-6-7-8-9-10-11-12-13-15-18(20)21-17-14-16-19(2,3)4;/h5-17H2,1-4H3;1H/q+1;/p-1. The molecular weight excluding hydrogens is 389 g/mol. The first-order chi connectivity index (χ1) is 9.95. The fourth-order valence-electron chi connectivity index (χ4n) is 2.38. The number of hydrogen-bond acceptors (Lipinski definition) is 2. The zero-order chi connectivity index (χ0) is 16.0. The summed E-state index contributed by atoms with van der Waals surface area (Å²) in [6, 6.07) is 0. The number of nitrogens with zero attached hydrogens (tertiary/aromatic N) is 1. The van der Waals surface area contributed by atoms with E-state index < -0.39 is 0 Å². The van der Waals surface area contributed by atoms with Gasteiger partial charge in [0.25, 0.3) is 0 Å². The van der Waals surface area contributed by atoms with Gasteiger partial charge in [0.2, 0.25) is 0 Å². The van der Waals surface area contributed by atoms with Crippen LogP contribution in [0.15, 0.2) is 0 Å². The topological polar surface area (TPSA) is 26.3 Å². The molecular formula is C18H38INO2. The van der Waals surface area contributed by atoms with E-state index in [2.05, 4.69) is 28.1 Å². The third-order valence-electron chi connectivity index (χ3n) is 3.72. The Labute approximate surface area is 155 Å². The molecule has 0 bridgehead atoms. The summed E-state index contributed by atoms with van der Waals surface area (Å²) in [7, 11) is 6.47. The van der Waals surface area contributed by atoms with Crippen LogP contribution in [0.4, 0.5) is 0 Å². The highest BCUT2D eigenvalue weighted by Gasteiger charge is 2.07. The van der Waals surface area contributed by atoms with Crippen LogP contribution in [-0.4, -0.2) is 44.7 Å². The molecule has 0 aliphatic rings. The first-order valence-corrected chi connectivity index (χ1v) is 8.92. The number of esters is 1. The normalized spacial score (nSPS) is 11.1. The van der Waals surface area contributed by atoms with E-state index in [1.165, 1.54) is 51.4 Å². The number of carbonyl (C=O) groups excluding carboxylic acids is 1. The van der Waals surface area contributed by atoms with Gasteiger partial charge in [0.05, 0.1) is 34.3 Å². The van der Waals surface area contributed by atoms with Gasteiger partial charge in [-0.3, -0.25) is 4.79 Å². The molecule has 0 saturated heterocycles. The van der Waals surface area contributed by atoms with E-state index >= 15 is 0 Å². The molecule has 0 rings (SSSR count). The van der Waals surface area contributed by atoms with Crippen LogP contribution in [0.3, 0.4) is 0 Å². The molecule has 3 nitrogen and oxygen atoms in total. The summed E-state index contributed by atoms with van der Waals surface area (Å²) in [6.45, 7) is 3.87. The molecule has 0 saturated carbocycles. The Morgan fingerprint density at radius 1 is 0.818 bits per heavy atom. The van der Waals surface area contributed by atoms with Gasteiger partial charge in [-0.1, -0.05) is 58.3 Å². The summed E-state index contributed by atoms with van der Waals surface area (Å²) in [5, 5.41) is 0. The predicted molar refractivity (Wildman–Crippen MR) is 90.3 cm³/mol. The van der Waals surface area contributed by atoms with Crippen molar-refractivity contribution in [2.24, 2.45) is 0 Å². The van der Waals surface area contributed by atoms with E-state index in [0.29, 0.717) is 13.0 Å². The number of hydrogen-bond donors (Lipinski definition) is 0. The summed E-state index contributed by atoms with van der Waals surface area (Å²) in [5.74, 6) is -0.0145. The van der Waals surface area contributed by atoms with Crippen molar-refractivity contribution >= 4 is 5.97 Å². The van der Waals surface area contributed by atoms with Gasteiger partial charge in [0.1, 0.15) is 0 Å². The Hall–Kier alpha value is 0.160. The van der Waals surface area contributed by atoms with Crippen molar-refractivity contribution in [1.82, 2.24) is 0 Å². The van der Waals surface area contributed by atoms with E-state index in [-0.39, 0.29) is 29.9 Å². The smallest absolute Gasteiger partial charge is 0.305 e. The number of carbonyl (C=O) groups is 1. The average molecular weight is 427 g/mol. The van der Waals surface area contributed by atoms with Gasteiger partial charge in [-0.25, -0.2) is 0 Å². The van der Waals surface area contributed by atoms with Crippen LogP contribution in [-0.2, 0) is 9.53 Å². The molecule has 0 aromatic carbocycles. The second-order valence-electron chi connectivity index (χ2n) is 7.17. The number of halogens is 1. The fourth-order valence-corrected chi connectivity index (χ4v) is 2.38. The number of rotatable bonds is 14. The molecule has 0 aromatic rings. The average Bonchev–Trinajstić information content (AvgIpc) is 2.41. The number of unbranched alkanes of at least 4 members (excludes halogenated alkanes) is 8. The van der Waals surface area contributed by atoms with Crippen molar-refractivity contribution in [1.29, 1.82) is 0 Å². The molecule has 0 heterocycles. The summed E-state index contributed by atoms with van der Waals surface area (Å²) in [5.41, 5.74) is 0. The maximum Gasteiger partial charge on any atom is 0.305 e. The monoisotopic (exact) mass is 427 g/mol. The zero-order valence-corrected chi connectivity index (χ0v) is 17.5. The summed E-state index contributed by atoms with van der Waals surface area (Å²) >= 11 is 0. The molecule has 0 amide bonds. The van der Waals surface area contributed by atoms with Crippen LogP contribution in [0, 0.1) is 0 Å². The number of quaternary nitrogens is 1. The van der Waals surface area contributed by atoms with E-state index in [1.807, 2.05) is 0 Å². The van der Waals surface area contributed by atoms with Crippen LogP contribution < -0.4 is 24.0 Å². The van der Waals surface area contributed by atoms with Gasteiger partial charge in [-0.15, -0.1) is 0 Å². The molecule has 0 fully saturated rings. The lowest BCUT2D eigenvalue weighted by molar-refractivity contribution is -0.870. The Kier molecular flexibility index (Phi) is 17.8. The van der Waals surface area contributed by atoms with Gasteiger partial charge >= 0.3 is 5.97 Å². The first-order valence-electron chi connectivity index (χ1n) is 8.92. The molecule has 0 spiro atoms. The lowest BCUT2D eigenvalue weighted by Gasteiger charge is -2.23. The Morgan fingerprint density at radius 2 is 1.32 bits per heavy atom. The highest BCUT2D eigenvalue weighted by molar-refractivity contribution is 5.69. The fraction of sp³-hybridized carbons (Fsp3) is 0.944. The van der Waals surface area contributed by atoms with Crippen LogP contribution >= 0.6 is 0 Å². The molecule has 0 atom stereocenters. The predicted octanol–water partition coefficient (Wildman–Crippen LogP) is 1.55. The largest absolute Gasteiger partial charge is 1.00 e. The van der Waals surface area contributed by atoms with Crippen molar-refractivity contribution in [2.45, 2.75) is 77.6 Å². The molecule has 0 aromatic heterocycles. The quantitative estimate of drug-likeness (QED) is 0.182. The zero-order valence-electron chi connectivity index (χ0n) is 15.3. The van der Waals surface area contributed by atoms with Gasteiger partial charge in [-0.2, -0.15) is 0 Å². The lowest BCUT2D eigenvalue weighted by atomic mass is 10.1. The summed E-state index contributed by atoms with van der Waals surface area (Å²) in [6.07, 6.45) is 13.1. The van der Waals surface area contributed by atoms with Gasteiger partial charge in [0.15, 0.2) is 0 Å². The molecule has 0 aliphatic carbocycles. The maximum absolute atomic E-state index is 11.5. The van der Waals surface area contributed by atoms with E-state index in [0.717, 1.165) is 23.9 Å². The minimum absolute atomic E-state index is 0. The van der Waals surface area contributed by atoms with Crippen LogP contribution in [0.25, 0.3) is 0 Å². The van der Waals surface area contributed by atoms with E-state index in [1.54, 1.807) is 0 Å². The van der Waals surface area contributed by atoms with E-state index in [4.69, 9.17) is 4.74 Å². The Bertz CT molecular complexity index is 252. The minimum atomic E-state index is -0.0145. The van der Waals surface area contributed by atoms with Crippen LogP contribution in [0.5, 0.6) is 0 Å². The van der Waals surface area contributed by atoms with Crippen molar-refractivity contribution in [2.75, 3.05) is 34.3 Å². The van der Waals surface area contributed by atoms with Crippen molar-refractivity contribution in [3.8, 4) is 0 Å². The molecule has 0 N–H and O–H groups in total. The third-order valence-corrected chi connectivity index (χ3v) is 3.72. The van der Waals surface area contributed by atoms with Gasteiger partial charge < -0.3 is 33.2 Å². The summed E-state index contributed by atoms with van der Waals surface area (Å²) < 4.78 is 6.19. The van der Waals surface area contributed by atoms with Gasteiger partial charge in [0, 0.05) is 12.8 Å². The van der Waals surface area contributed by atoms with Crippen molar-refractivity contribution in [3.05, 3.63) is 0 Å². The third kappa shape index (κ3) is 20.2. The number of ether oxygens (including phenoxy) is 1. The summed E-state index contributed by atoms with van der Waals surface area (Å²) in [4.78, 5) is 11.5. The van der Waals surface area contributed by atoms with E-state index in [9.17, 15) is 4.79 Å². The minimum Gasteiger partial charge on any atom is -1.00 e. The second kappa shape index (κ2) is 16.0. The molecule has 0 radical (unpaired) electrons. The molecule has 134 valence electrons. The van der Waals surface area contributed by atoms with Crippen molar-refractivity contribution in [3.63, 3.8) is 0 Å². The van der Waals surface area contributed by atoms with Gasteiger partial charge in [-0.05, 0) is 6.42 Å². The van der Waals surface area contributed by atoms with Crippen LogP contribution in [0.2, 0.25) is 0 Å². The maximum atomic E-state index is 11.5. The van der Waals surface area contributed by atoms with Crippen LogP contribution in [0.1, 0.15) is 77.6 Å². The Balaban J connectivity index is 0. The van der Waals surface area contributed by atoms with Crippen molar-refractivity contribution < 1.29 is 38.0 Å². The lowest BCUT2D eigenvalue weighted by Crippen LogP contribution is -3.00. The molecule has 22 heavy (non-hydrogen) atoms. The first kappa shape index (κ1) is 24.4. The molecule has 4 heteroatoms. The molecule has 0 unspecified atom stereocenters. The second-order valence-corrected chi connectivity index (χ2v) is 7.17. The Morgan fingerprint density at radius 3 is 1.82 bits per heavy atom. The highest BCUT2D eigenvalue weighted by atomic mass is 127. The SMILES string of the molecule is CCCCCCCCCCCC(=O)OCCC[N+](C)(C)C.[I-]. The highest BCUT2D eigenvalue weighted by Crippen LogP contribution is 2.10. The molecule has 0 aliphatic heterocycles.